The van der Waals surface area contributed by atoms with E-state index in [1.165, 1.54) is 0 Å². The maximum atomic E-state index is 13.2. The van der Waals surface area contributed by atoms with E-state index in [1.54, 1.807) is 146 Å². The summed E-state index contributed by atoms with van der Waals surface area (Å²) in [6, 6.07) is 55.6. The Morgan fingerprint density at radius 2 is 0.516 bits per heavy atom. The molecule has 0 atom stereocenters. The largest absolute Gasteiger partial charge is 0.456 e. The number of hydrogen-bond donors (Lipinski definition) is 0. The van der Waals surface area contributed by atoms with Crippen LogP contribution in [0.15, 0.2) is 194 Å². The highest BCUT2D eigenvalue weighted by molar-refractivity contribution is 5.93. The van der Waals surface area contributed by atoms with Gasteiger partial charge in [-0.15, -0.1) is 0 Å². The number of benzene rings is 8. The summed E-state index contributed by atoms with van der Waals surface area (Å²) in [6.07, 6.45) is 0. The van der Waals surface area contributed by atoms with Crippen molar-refractivity contribution in [1.82, 2.24) is 0 Å². The van der Waals surface area contributed by atoms with Crippen molar-refractivity contribution < 1.29 is 47.6 Å². The fraction of sp³-hybridized carbons (Fsp3) is 0.0370. The van der Waals surface area contributed by atoms with E-state index in [0.717, 1.165) is 22.3 Å². The van der Waals surface area contributed by atoms with Crippen molar-refractivity contribution in [1.29, 1.82) is 0 Å². The van der Waals surface area contributed by atoms with Crippen LogP contribution in [-0.2, 0) is 0 Å². The van der Waals surface area contributed by atoms with Crippen molar-refractivity contribution in [2.75, 3.05) is 0 Å². The normalized spacial score (nSPS) is 12.4. The Hall–Kier alpha value is -8.76. The Balaban J connectivity index is 1.08. The summed E-state index contributed by atoms with van der Waals surface area (Å²) in [5.41, 5.74) is 4.54. The third kappa shape index (κ3) is 7.94. The topological polar surface area (TPSA) is 124 Å². The molecule has 0 amide bonds. The Bertz CT molecular complexity index is 2660. The SMILES string of the molecule is O=C(Oc1ccc2c(c1)Oc1cc(OC(=O)c3ccccc3)ccc1C2C1c2ccc(OC(=O)c3ccccc3)cc2Oc2cc(OC(=O)c3ccccc3)ccc21)c1ccccc1. The standard InChI is InChI=1S/C54H34O10/c55-51(33-13-5-1-6-14-33)59-37-21-25-41-45(29-37)63-46-30-38(60-52(56)34-15-7-2-8-16-34)22-26-42(46)49(41)50-43-27-23-39(61-53(57)35-17-9-3-10-18-35)31-47(43)64-48-32-40(24-28-44(48)50)62-54(58)36-19-11-4-12-20-36/h1-32,49-50H. The molecule has 8 aromatic carbocycles. The molecule has 0 fully saturated rings. The van der Waals surface area contributed by atoms with Crippen LogP contribution in [0.3, 0.4) is 0 Å². The van der Waals surface area contributed by atoms with Crippen molar-refractivity contribution in [3.05, 3.63) is 239 Å². The quantitative estimate of drug-likeness (QED) is 0.102. The molecule has 0 aromatic heterocycles. The fourth-order valence-electron chi connectivity index (χ4n) is 7.95. The first-order valence-electron chi connectivity index (χ1n) is 20.3. The summed E-state index contributed by atoms with van der Waals surface area (Å²) in [6.45, 7) is 0. The average Bonchev–Trinajstić information content (AvgIpc) is 3.33. The molecule has 310 valence electrons. The van der Waals surface area contributed by atoms with Gasteiger partial charge in [0.05, 0.1) is 22.3 Å². The first-order valence-corrected chi connectivity index (χ1v) is 20.3. The summed E-state index contributed by atoms with van der Waals surface area (Å²) >= 11 is 0. The second-order valence-corrected chi connectivity index (χ2v) is 15.0. The fourth-order valence-corrected chi connectivity index (χ4v) is 7.95. The Morgan fingerprint density at radius 3 is 0.734 bits per heavy atom. The van der Waals surface area contributed by atoms with Crippen LogP contribution < -0.4 is 28.4 Å². The second-order valence-electron chi connectivity index (χ2n) is 15.0. The average molecular weight is 843 g/mol. The molecule has 0 saturated carbocycles. The van der Waals surface area contributed by atoms with Gasteiger partial charge >= 0.3 is 23.9 Å². The molecule has 0 saturated heterocycles. The molecule has 64 heavy (non-hydrogen) atoms. The van der Waals surface area contributed by atoms with Crippen LogP contribution in [-0.4, -0.2) is 23.9 Å². The van der Waals surface area contributed by atoms with Gasteiger partial charge in [-0.25, -0.2) is 19.2 Å². The molecule has 0 spiro atoms. The number of carbonyl (C=O) groups is 4. The molecule has 2 heterocycles. The number of rotatable bonds is 9. The van der Waals surface area contributed by atoms with Crippen molar-refractivity contribution >= 4 is 23.9 Å². The van der Waals surface area contributed by atoms with Crippen LogP contribution in [0.25, 0.3) is 0 Å². The van der Waals surface area contributed by atoms with Crippen molar-refractivity contribution in [3.63, 3.8) is 0 Å². The van der Waals surface area contributed by atoms with Gasteiger partial charge in [-0.05, 0) is 72.8 Å². The maximum absolute atomic E-state index is 13.2. The van der Waals surface area contributed by atoms with Crippen LogP contribution in [0, 0.1) is 0 Å². The van der Waals surface area contributed by atoms with Gasteiger partial charge in [-0.3, -0.25) is 0 Å². The lowest BCUT2D eigenvalue weighted by Crippen LogP contribution is -2.22. The molecule has 0 unspecified atom stereocenters. The van der Waals surface area contributed by atoms with Gasteiger partial charge in [-0.1, -0.05) is 97.1 Å². The monoisotopic (exact) mass is 842 g/mol. The van der Waals surface area contributed by atoms with E-state index in [4.69, 9.17) is 28.4 Å². The minimum absolute atomic E-state index is 0.254. The Kier molecular flexibility index (Phi) is 10.4. The molecule has 0 N–H and O–H groups in total. The van der Waals surface area contributed by atoms with E-state index in [-0.39, 0.29) is 23.0 Å². The zero-order valence-corrected chi connectivity index (χ0v) is 33.7. The molecule has 10 rings (SSSR count). The lowest BCUT2D eigenvalue weighted by atomic mass is 9.71. The smallest absolute Gasteiger partial charge is 0.343 e. The first-order chi connectivity index (χ1) is 31.3. The minimum Gasteiger partial charge on any atom is -0.456 e. The van der Waals surface area contributed by atoms with E-state index in [9.17, 15) is 19.2 Å². The second kappa shape index (κ2) is 16.9. The zero-order valence-electron chi connectivity index (χ0n) is 33.7. The van der Waals surface area contributed by atoms with Gasteiger partial charge in [0.15, 0.2) is 0 Å². The number of ether oxygens (including phenoxy) is 6. The molecule has 0 radical (unpaired) electrons. The summed E-state index contributed by atoms with van der Waals surface area (Å²) < 4.78 is 36.6. The third-order valence-electron chi connectivity index (χ3n) is 10.9. The summed E-state index contributed by atoms with van der Waals surface area (Å²) in [5, 5.41) is 0. The predicted octanol–water partition coefficient (Wildman–Crippen LogP) is 11.7. The lowest BCUT2D eigenvalue weighted by molar-refractivity contribution is 0.0724. The van der Waals surface area contributed by atoms with Crippen molar-refractivity contribution in [2.24, 2.45) is 0 Å². The van der Waals surface area contributed by atoms with Crippen LogP contribution in [0.5, 0.6) is 46.0 Å². The number of hydrogen-bond acceptors (Lipinski definition) is 10. The lowest BCUT2D eigenvalue weighted by Gasteiger charge is -2.38. The summed E-state index contributed by atoms with van der Waals surface area (Å²) in [4.78, 5) is 52.8. The molecule has 0 aliphatic carbocycles. The Morgan fingerprint density at radius 1 is 0.297 bits per heavy atom. The van der Waals surface area contributed by atoms with Gasteiger partial charge in [-0.2, -0.15) is 0 Å². The summed E-state index contributed by atoms with van der Waals surface area (Å²) in [5.74, 6) is -0.518. The van der Waals surface area contributed by atoms with Gasteiger partial charge in [0, 0.05) is 58.4 Å². The highest BCUT2D eigenvalue weighted by atomic mass is 16.6. The van der Waals surface area contributed by atoms with Crippen molar-refractivity contribution in [2.45, 2.75) is 11.8 Å². The van der Waals surface area contributed by atoms with Gasteiger partial charge in [0.25, 0.3) is 0 Å². The molecule has 10 heteroatoms. The zero-order chi connectivity index (χ0) is 43.6. The van der Waals surface area contributed by atoms with E-state index in [2.05, 4.69) is 0 Å². The van der Waals surface area contributed by atoms with Gasteiger partial charge in [0.2, 0.25) is 0 Å². The Labute approximate surface area is 366 Å². The van der Waals surface area contributed by atoms with Crippen LogP contribution >= 0.6 is 0 Å². The highest BCUT2D eigenvalue weighted by Crippen LogP contribution is 2.59. The van der Waals surface area contributed by atoms with Crippen LogP contribution in [0.4, 0.5) is 0 Å². The van der Waals surface area contributed by atoms with Crippen LogP contribution in [0.1, 0.15) is 75.5 Å². The molecule has 2 aliphatic rings. The van der Waals surface area contributed by atoms with E-state index in [0.29, 0.717) is 45.3 Å². The van der Waals surface area contributed by atoms with E-state index >= 15 is 0 Å². The number of fused-ring (bicyclic) bond motifs is 4. The van der Waals surface area contributed by atoms with E-state index < -0.39 is 35.7 Å². The number of esters is 4. The molecule has 8 aromatic rings. The molecule has 10 nitrogen and oxygen atoms in total. The summed E-state index contributed by atoms with van der Waals surface area (Å²) in [7, 11) is 0. The molecular formula is C54H34O10. The first kappa shape index (κ1) is 39.4. The van der Waals surface area contributed by atoms with Gasteiger partial charge in [0.1, 0.15) is 46.0 Å². The molecule has 2 aliphatic heterocycles. The van der Waals surface area contributed by atoms with Gasteiger partial charge < -0.3 is 28.4 Å². The number of carbonyl (C=O) groups excluding carboxylic acids is 4. The molecule has 0 bridgehead atoms. The maximum Gasteiger partial charge on any atom is 0.343 e. The molecular weight excluding hydrogens is 809 g/mol. The highest BCUT2D eigenvalue weighted by Gasteiger charge is 2.41. The third-order valence-corrected chi connectivity index (χ3v) is 10.9. The van der Waals surface area contributed by atoms with Crippen molar-refractivity contribution in [3.8, 4) is 46.0 Å². The van der Waals surface area contributed by atoms with Crippen LogP contribution in [0.2, 0.25) is 0 Å². The predicted molar refractivity (Wildman–Crippen MR) is 235 cm³/mol. The van der Waals surface area contributed by atoms with E-state index in [1.807, 2.05) is 48.5 Å². The minimum atomic E-state index is -0.539.